The standard InChI is InChI=1S/C19H12Cl2N2O6/c1-27-13-7-15-14(28-8-29-15)6-9(13)5-10-17(24)22-19(26)23(18(10)25)12-4-2-3-11(20)16(12)21/h2-7H,8H2,1H3,(H,22,24,26)/b10-5+. The summed E-state index contributed by atoms with van der Waals surface area (Å²) in [6.45, 7) is 0.0491. The second kappa shape index (κ2) is 7.31. The third-order valence-electron chi connectivity index (χ3n) is 4.30. The lowest BCUT2D eigenvalue weighted by Gasteiger charge is -2.27. The number of imide groups is 2. The van der Waals surface area contributed by atoms with E-state index in [-0.39, 0.29) is 28.1 Å². The molecule has 4 amide bonds. The number of ether oxygens (including phenoxy) is 3. The highest BCUT2D eigenvalue weighted by Crippen LogP contribution is 2.39. The van der Waals surface area contributed by atoms with E-state index in [9.17, 15) is 14.4 Å². The van der Waals surface area contributed by atoms with Crippen LogP contribution in [0.5, 0.6) is 17.2 Å². The summed E-state index contributed by atoms with van der Waals surface area (Å²) in [5.74, 6) is -0.443. The van der Waals surface area contributed by atoms with E-state index in [2.05, 4.69) is 5.32 Å². The summed E-state index contributed by atoms with van der Waals surface area (Å²) in [7, 11) is 1.43. The van der Waals surface area contributed by atoms with Crippen LogP contribution in [0.1, 0.15) is 5.56 Å². The Kier molecular flexibility index (Phi) is 4.81. The second-order valence-electron chi connectivity index (χ2n) is 5.98. The smallest absolute Gasteiger partial charge is 0.336 e. The number of rotatable bonds is 3. The first-order valence-corrected chi connectivity index (χ1v) is 8.99. The van der Waals surface area contributed by atoms with E-state index in [1.54, 1.807) is 12.1 Å². The van der Waals surface area contributed by atoms with Crippen molar-refractivity contribution in [3.05, 3.63) is 51.5 Å². The molecule has 148 valence electrons. The van der Waals surface area contributed by atoms with Crippen LogP contribution in [-0.4, -0.2) is 31.7 Å². The summed E-state index contributed by atoms with van der Waals surface area (Å²) in [6.07, 6.45) is 1.30. The number of nitrogens with zero attached hydrogens (tertiary/aromatic N) is 1. The fourth-order valence-electron chi connectivity index (χ4n) is 2.93. The van der Waals surface area contributed by atoms with Gasteiger partial charge in [-0.2, -0.15) is 0 Å². The molecule has 4 rings (SSSR count). The predicted octanol–water partition coefficient (Wildman–Crippen LogP) is 3.40. The highest BCUT2D eigenvalue weighted by molar-refractivity contribution is 6.46. The number of amides is 4. The van der Waals surface area contributed by atoms with Crippen LogP contribution in [0, 0.1) is 0 Å². The zero-order valence-corrected chi connectivity index (χ0v) is 16.3. The zero-order chi connectivity index (χ0) is 20.7. The van der Waals surface area contributed by atoms with E-state index in [0.717, 1.165) is 4.90 Å². The van der Waals surface area contributed by atoms with Gasteiger partial charge in [-0.25, -0.2) is 9.69 Å². The Morgan fingerprint density at radius 1 is 1.14 bits per heavy atom. The molecule has 1 saturated heterocycles. The van der Waals surface area contributed by atoms with E-state index < -0.39 is 17.8 Å². The molecule has 8 nitrogen and oxygen atoms in total. The normalized spacial score (nSPS) is 17.0. The van der Waals surface area contributed by atoms with E-state index >= 15 is 0 Å². The van der Waals surface area contributed by atoms with Crippen molar-refractivity contribution >= 4 is 52.8 Å². The maximum absolute atomic E-state index is 13.0. The Bertz CT molecular complexity index is 1100. The number of carbonyl (C=O) groups excluding carboxylic acids is 3. The Labute approximate surface area is 174 Å². The van der Waals surface area contributed by atoms with Crippen LogP contribution in [0.2, 0.25) is 10.0 Å². The van der Waals surface area contributed by atoms with Gasteiger partial charge in [0.25, 0.3) is 11.8 Å². The number of halogens is 2. The largest absolute Gasteiger partial charge is 0.496 e. The van der Waals surface area contributed by atoms with Gasteiger partial charge in [-0.05, 0) is 24.3 Å². The van der Waals surface area contributed by atoms with Crippen LogP contribution >= 0.6 is 23.2 Å². The minimum absolute atomic E-state index is 0.00651. The lowest BCUT2D eigenvalue weighted by Crippen LogP contribution is -2.54. The first kappa shape index (κ1) is 19.1. The molecule has 2 aliphatic rings. The third kappa shape index (κ3) is 3.26. The second-order valence-corrected chi connectivity index (χ2v) is 6.76. The SMILES string of the molecule is COc1cc2c(cc1/C=C1\C(=O)NC(=O)N(c3cccc(Cl)c3Cl)C1=O)OCO2. The maximum atomic E-state index is 13.0. The van der Waals surface area contributed by atoms with E-state index in [4.69, 9.17) is 37.4 Å². The van der Waals surface area contributed by atoms with Crippen molar-refractivity contribution in [2.75, 3.05) is 18.8 Å². The molecule has 2 aliphatic heterocycles. The maximum Gasteiger partial charge on any atom is 0.336 e. The van der Waals surface area contributed by atoms with Gasteiger partial charge < -0.3 is 14.2 Å². The van der Waals surface area contributed by atoms with Gasteiger partial charge in [0.15, 0.2) is 11.5 Å². The van der Waals surface area contributed by atoms with Crippen molar-refractivity contribution in [3.63, 3.8) is 0 Å². The Morgan fingerprint density at radius 2 is 1.86 bits per heavy atom. The summed E-state index contributed by atoms with van der Waals surface area (Å²) < 4.78 is 15.9. The Morgan fingerprint density at radius 3 is 2.59 bits per heavy atom. The van der Waals surface area contributed by atoms with Crippen molar-refractivity contribution < 1.29 is 28.6 Å². The topological polar surface area (TPSA) is 94.2 Å². The van der Waals surface area contributed by atoms with Crippen LogP contribution in [0.4, 0.5) is 10.5 Å². The fraction of sp³-hybridized carbons (Fsp3) is 0.105. The number of urea groups is 1. The van der Waals surface area contributed by atoms with Gasteiger partial charge in [-0.3, -0.25) is 14.9 Å². The van der Waals surface area contributed by atoms with Gasteiger partial charge >= 0.3 is 6.03 Å². The van der Waals surface area contributed by atoms with Gasteiger partial charge in [-0.15, -0.1) is 0 Å². The molecule has 0 atom stereocenters. The quantitative estimate of drug-likeness (QED) is 0.587. The van der Waals surface area contributed by atoms with Crippen LogP contribution in [0.3, 0.4) is 0 Å². The van der Waals surface area contributed by atoms with Gasteiger partial charge in [0, 0.05) is 11.6 Å². The molecule has 0 unspecified atom stereocenters. The average Bonchev–Trinajstić information content (AvgIpc) is 3.14. The van der Waals surface area contributed by atoms with Crippen molar-refractivity contribution in [2.24, 2.45) is 0 Å². The van der Waals surface area contributed by atoms with Crippen molar-refractivity contribution in [2.45, 2.75) is 0 Å². The first-order chi connectivity index (χ1) is 13.9. The molecule has 0 spiro atoms. The number of benzene rings is 2. The number of nitrogens with one attached hydrogen (secondary N) is 1. The fourth-order valence-corrected chi connectivity index (χ4v) is 3.31. The molecule has 0 saturated carbocycles. The van der Waals surface area contributed by atoms with E-state index in [1.165, 1.54) is 31.4 Å². The van der Waals surface area contributed by atoms with E-state index in [1.807, 2.05) is 0 Å². The molecular weight excluding hydrogens is 423 g/mol. The van der Waals surface area contributed by atoms with Crippen molar-refractivity contribution in [1.82, 2.24) is 5.32 Å². The lowest BCUT2D eigenvalue weighted by molar-refractivity contribution is -0.122. The molecule has 1 N–H and O–H groups in total. The number of barbiturate groups is 1. The molecule has 2 heterocycles. The molecule has 0 radical (unpaired) electrons. The van der Waals surface area contributed by atoms with Crippen LogP contribution in [-0.2, 0) is 9.59 Å². The Hall–Kier alpha value is -3.23. The monoisotopic (exact) mass is 434 g/mol. The van der Waals surface area contributed by atoms with Crippen molar-refractivity contribution in [1.29, 1.82) is 0 Å². The molecule has 2 aromatic rings. The summed E-state index contributed by atoms with van der Waals surface area (Å²) in [5.41, 5.74) is 0.150. The number of hydrogen-bond donors (Lipinski definition) is 1. The zero-order valence-electron chi connectivity index (χ0n) is 14.8. The van der Waals surface area contributed by atoms with Gasteiger partial charge in [-0.1, -0.05) is 29.3 Å². The molecule has 0 aliphatic carbocycles. The van der Waals surface area contributed by atoms with Crippen LogP contribution in [0.15, 0.2) is 35.9 Å². The first-order valence-electron chi connectivity index (χ1n) is 8.24. The van der Waals surface area contributed by atoms with Gasteiger partial charge in [0.05, 0.1) is 22.8 Å². The molecular formula is C19H12Cl2N2O6. The molecule has 0 bridgehead atoms. The number of carbonyl (C=O) groups is 3. The Balaban J connectivity index is 1.80. The molecule has 1 fully saturated rings. The summed E-state index contributed by atoms with van der Waals surface area (Å²) in [6, 6.07) is 6.71. The summed E-state index contributed by atoms with van der Waals surface area (Å²) in [4.78, 5) is 38.5. The van der Waals surface area contributed by atoms with Gasteiger partial charge in [0.2, 0.25) is 6.79 Å². The number of methoxy groups -OCH3 is 1. The summed E-state index contributed by atoms with van der Waals surface area (Å²) >= 11 is 12.1. The van der Waals surface area contributed by atoms with Crippen molar-refractivity contribution in [3.8, 4) is 17.2 Å². The minimum Gasteiger partial charge on any atom is -0.496 e. The van der Waals surface area contributed by atoms with Crippen LogP contribution in [0.25, 0.3) is 6.08 Å². The number of anilines is 1. The predicted molar refractivity (Wildman–Crippen MR) is 105 cm³/mol. The average molecular weight is 435 g/mol. The molecule has 10 heteroatoms. The summed E-state index contributed by atoms with van der Waals surface area (Å²) in [5, 5.41) is 2.29. The van der Waals surface area contributed by atoms with Crippen LogP contribution < -0.4 is 24.4 Å². The number of fused-ring (bicyclic) bond motifs is 1. The third-order valence-corrected chi connectivity index (χ3v) is 5.11. The minimum atomic E-state index is -0.932. The lowest BCUT2D eigenvalue weighted by atomic mass is 10.1. The highest BCUT2D eigenvalue weighted by Gasteiger charge is 2.38. The molecule has 0 aromatic heterocycles. The van der Waals surface area contributed by atoms with Gasteiger partial charge in [0.1, 0.15) is 11.3 Å². The molecule has 29 heavy (non-hydrogen) atoms. The van der Waals surface area contributed by atoms with E-state index in [0.29, 0.717) is 22.8 Å². The number of hydrogen-bond acceptors (Lipinski definition) is 6. The highest BCUT2D eigenvalue weighted by atomic mass is 35.5. The molecule has 2 aromatic carbocycles.